The highest BCUT2D eigenvalue weighted by Gasteiger charge is 2.25. The van der Waals surface area contributed by atoms with Gasteiger partial charge in [-0.15, -0.1) is 0 Å². The molecular weight excluding hydrogens is 180 g/mol. The SMILES string of the molecule is CC(=O)CC(=O)NCCN(C)C1CC1. The first kappa shape index (κ1) is 11.2. The number of carbonyl (C=O) groups is 2. The minimum atomic E-state index is -0.165. The molecule has 0 atom stereocenters. The topological polar surface area (TPSA) is 49.4 Å². The minimum Gasteiger partial charge on any atom is -0.354 e. The van der Waals surface area contributed by atoms with E-state index in [-0.39, 0.29) is 18.1 Å². The number of hydrogen-bond acceptors (Lipinski definition) is 3. The van der Waals surface area contributed by atoms with Crippen molar-refractivity contribution < 1.29 is 9.59 Å². The van der Waals surface area contributed by atoms with Crippen LogP contribution in [-0.2, 0) is 9.59 Å². The first-order valence-electron chi connectivity index (χ1n) is 5.06. The zero-order valence-corrected chi connectivity index (χ0v) is 8.88. The van der Waals surface area contributed by atoms with Gasteiger partial charge in [0.25, 0.3) is 0 Å². The van der Waals surface area contributed by atoms with E-state index in [0.717, 1.165) is 12.6 Å². The predicted octanol–water partition coefficient (Wildman–Crippen LogP) is 0.176. The molecule has 1 N–H and O–H groups in total. The normalized spacial score (nSPS) is 15.6. The van der Waals surface area contributed by atoms with Crippen LogP contribution in [0.5, 0.6) is 0 Å². The van der Waals surface area contributed by atoms with Gasteiger partial charge >= 0.3 is 0 Å². The maximum atomic E-state index is 11.1. The smallest absolute Gasteiger partial charge is 0.227 e. The predicted molar refractivity (Wildman–Crippen MR) is 54.0 cm³/mol. The van der Waals surface area contributed by atoms with Crippen LogP contribution in [0.3, 0.4) is 0 Å². The quantitative estimate of drug-likeness (QED) is 0.619. The number of rotatable bonds is 6. The third kappa shape index (κ3) is 4.37. The Labute approximate surface area is 84.7 Å². The average molecular weight is 198 g/mol. The summed E-state index contributed by atoms with van der Waals surface area (Å²) in [6.45, 7) is 2.93. The van der Waals surface area contributed by atoms with Crippen molar-refractivity contribution in [2.75, 3.05) is 20.1 Å². The summed E-state index contributed by atoms with van der Waals surface area (Å²) in [4.78, 5) is 23.9. The van der Waals surface area contributed by atoms with Gasteiger partial charge in [0, 0.05) is 19.1 Å². The average Bonchev–Trinajstić information content (AvgIpc) is 2.84. The molecule has 14 heavy (non-hydrogen) atoms. The van der Waals surface area contributed by atoms with Gasteiger partial charge in [0.1, 0.15) is 5.78 Å². The third-order valence-corrected chi connectivity index (χ3v) is 2.37. The molecule has 1 saturated carbocycles. The van der Waals surface area contributed by atoms with Crippen molar-refractivity contribution in [2.24, 2.45) is 0 Å². The second kappa shape index (κ2) is 5.10. The summed E-state index contributed by atoms with van der Waals surface area (Å²) >= 11 is 0. The molecule has 4 nitrogen and oxygen atoms in total. The van der Waals surface area contributed by atoms with E-state index in [4.69, 9.17) is 0 Å². The molecule has 0 radical (unpaired) electrons. The molecule has 1 rings (SSSR count). The van der Waals surface area contributed by atoms with Crippen molar-refractivity contribution in [3.05, 3.63) is 0 Å². The van der Waals surface area contributed by atoms with Gasteiger partial charge in [-0.25, -0.2) is 0 Å². The maximum absolute atomic E-state index is 11.1. The molecule has 1 fully saturated rings. The van der Waals surface area contributed by atoms with Crippen LogP contribution in [0.1, 0.15) is 26.2 Å². The first-order valence-corrected chi connectivity index (χ1v) is 5.06. The van der Waals surface area contributed by atoms with E-state index in [0.29, 0.717) is 6.54 Å². The molecule has 0 spiro atoms. The van der Waals surface area contributed by atoms with Crippen molar-refractivity contribution in [1.82, 2.24) is 10.2 Å². The minimum absolute atomic E-state index is 0.00709. The summed E-state index contributed by atoms with van der Waals surface area (Å²) in [6, 6.07) is 0.722. The molecule has 1 amide bonds. The van der Waals surface area contributed by atoms with Crippen LogP contribution < -0.4 is 5.32 Å². The summed E-state index contributed by atoms with van der Waals surface area (Å²) < 4.78 is 0. The van der Waals surface area contributed by atoms with E-state index < -0.39 is 0 Å². The number of Topliss-reactive ketones (excluding diaryl/α,β-unsaturated/α-hetero) is 1. The Morgan fingerprint density at radius 2 is 2.07 bits per heavy atom. The lowest BCUT2D eigenvalue weighted by atomic mass is 10.3. The molecule has 0 unspecified atom stereocenters. The fourth-order valence-electron chi connectivity index (χ4n) is 1.36. The lowest BCUT2D eigenvalue weighted by Crippen LogP contribution is -2.34. The number of nitrogens with zero attached hydrogens (tertiary/aromatic N) is 1. The van der Waals surface area contributed by atoms with Gasteiger partial charge in [-0.05, 0) is 26.8 Å². The van der Waals surface area contributed by atoms with Crippen LogP contribution in [-0.4, -0.2) is 42.8 Å². The van der Waals surface area contributed by atoms with Crippen LogP contribution in [0.4, 0.5) is 0 Å². The van der Waals surface area contributed by atoms with Crippen molar-refractivity contribution in [2.45, 2.75) is 32.2 Å². The molecule has 0 bridgehead atoms. The third-order valence-electron chi connectivity index (χ3n) is 2.37. The molecule has 0 saturated heterocycles. The fourth-order valence-corrected chi connectivity index (χ4v) is 1.36. The van der Waals surface area contributed by atoms with Gasteiger partial charge in [-0.2, -0.15) is 0 Å². The highest BCUT2D eigenvalue weighted by molar-refractivity contribution is 5.96. The largest absolute Gasteiger partial charge is 0.354 e. The number of ketones is 1. The van der Waals surface area contributed by atoms with Gasteiger partial charge in [-0.3, -0.25) is 9.59 Å². The van der Waals surface area contributed by atoms with Crippen LogP contribution in [0.2, 0.25) is 0 Å². The number of nitrogens with one attached hydrogen (secondary N) is 1. The highest BCUT2D eigenvalue weighted by Crippen LogP contribution is 2.24. The van der Waals surface area contributed by atoms with Crippen LogP contribution in [0.15, 0.2) is 0 Å². The molecule has 1 aliphatic carbocycles. The summed E-state index contributed by atoms with van der Waals surface area (Å²) in [5.41, 5.74) is 0. The van der Waals surface area contributed by atoms with E-state index in [1.54, 1.807) is 0 Å². The summed E-state index contributed by atoms with van der Waals surface area (Å²) in [5, 5.41) is 2.73. The van der Waals surface area contributed by atoms with Gasteiger partial charge in [0.2, 0.25) is 5.91 Å². The molecule has 0 heterocycles. The van der Waals surface area contributed by atoms with Crippen molar-refractivity contribution >= 4 is 11.7 Å². The van der Waals surface area contributed by atoms with Crippen molar-refractivity contribution in [3.8, 4) is 0 Å². The second-order valence-electron chi connectivity index (χ2n) is 3.94. The molecule has 0 aliphatic heterocycles. The van der Waals surface area contributed by atoms with E-state index in [2.05, 4.69) is 17.3 Å². The zero-order valence-electron chi connectivity index (χ0n) is 8.88. The van der Waals surface area contributed by atoms with Crippen molar-refractivity contribution in [3.63, 3.8) is 0 Å². The Morgan fingerprint density at radius 1 is 1.43 bits per heavy atom. The summed E-state index contributed by atoms with van der Waals surface area (Å²) in [5.74, 6) is -0.250. The van der Waals surface area contributed by atoms with Gasteiger partial charge in [-0.1, -0.05) is 0 Å². The molecule has 0 aromatic carbocycles. The highest BCUT2D eigenvalue weighted by atomic mass is 16.2. The van der Waals surface area contributed by atoms with E-state index in [9.17, 15) is 9.59 Å². The summed E-state index contributed by atoms with van der Waals surface area (Å²) in [7, 11) is 2.06. The van der Waals surface area contributed by atoms with Gasteiger partial charge < -0.3 is 10.2 Å². The maximum Gasteiger partial charge on any atom is 0.227 e. The Bertz CT molecular complexity index is 224. The standard InChI is InChI=1S/C10H18N2O2/c1-8(13)7-10(14)11-5-6-12(2)9-3-4-9/h9H,3-7H2,1-2H3,(H,11,14). The van der Waals surface area contributed by atoms with Crippen molar-refractivity contribution in [1.29, 1.82) is 0 Å². The number of hydrogen-bond donors (Lipinski definition) is 1. The molecule has 0 aromatic rings. The molecular formula is C10H18N2O2. The van der Waals surface area contributed by atoms with Crippen LogP contribution in [0, 0.1) is 0 Å². The lowest BCUT2D eigenvalue weighted by Gasteiger charge is -2.15. The van der Waals surface area contributed by atoms with E-state index >= 15 is 0 Å². The molecule has 80 valence electrons. The van der Waals surface area contributed by atoms with E-state index in [1.165, 1.54) is 19.8 Å². The first-order chi connectivity index (χ1) is 6.59. The van der Waals surface area contributed by atoms with Crippen LogP contribution >= 0.6 is 0 Å². The molecule has 1 aliphatic rings. The number of amides is 1. The fraction of sp³-hybridized carbons (Fsp3) is 0.800. The Morgan fingerprint density at radius 3 is 2.57 bits per heavy atom. The van der Waals surface area contributed by atoms with Crippen LogP contribution in [0.25, 0.3) is 0 Å². The lowest BCUT2D eigenvalue weighted by molar-refractivity contribution is -0.127. The number of carbonyl (C=O) groups excluding carboxylic acids is 2. The molecule has 4 heteroatoms. The summed E-state index contributed by atoms with van der Waals surface area (Å²) in [6.07, 6.45) is 2.56. The van der Waals surface area contributed by atoms with Gasteiger partial charge in [0.05, 0.1) is 6.42 Å². The number of likely N-dealkylation sites (N-methyl/N-ethyl adjacent to an activating group) is 1. The van der Waals surface area contributed by atoms with Gasteiger partial charge in [0.15, 0.2) is 0 Å². The Kier molecular flexibility index (Phi) is 4.07. The monoisotopic (exact) mass is 198 g/mol. The molecule has 0 aromatic heterocycles. The Balaban J connectivity index is 2.02. The second-order valence-corrected chi connectivity index (χ2v) is 3.94. The Hall–Kier alpha value is -0.900. The zero-order chi connectivity index (χ0) is 10.6. The van der Waals surface area contributed by atoms with E-state index in [1.807, 2.05) is 0 Å².